The number of aromatic nitrogens is 2. The van der Waals surface area contributed by atoms with Crippen LogP contribution in [0.25, 0.3) is 0 Å². The van der Waals surface area contributed by atoms with Gasteiger partial charge in [-0.1, -0.05) is 32.4 Å². The number of aliphatic carboxylic acids is 1. The second kappa shape index (κ2) is 6.65. The van der Waals surface area contributed by atoms with Crippen molar-refractivity contribution < 1.29 is 14.7 Å². The van der Waals surface area contributed by atoms with Crippen molar-refractivity contribution in [3.8, 4) is 0 Å². The van der Waals surface area contributed by atoms with Crippen LogP contribution in [-0.4, -0.2) is 33.0 Å². The van der Waals surface area contributed by atoms with Gasteiger partial charge in [0.2, 0.25) is 0 Å². The number of rotatable bonds is 5. The SMILES string of the molecule is CC(C)(C)CC(CC(=O)O)NC(=O)c1cnc(Cl)cn1. The number of carboxylic acids is 1. The Labute approximate surface area is 122 Å². The minimum atomic E-state index is -0.957. The summed E-state index contributed by atoms with van der Waals surface area (Å²) in [4.78, 5) is 30.5. The maximum absolute atomic E-state index is 12.0. The topological polar surface area (TPSA) is 92.2 Å². The summed E-state index contributed by atoms with van der Waals surface area (Å²) < 4.78 is 0. The molecule has 2 N–H and O–H groups in total. The van der Waals surface area contributed by atoms with Gasteiger partial charge in [-0.2, -0.15) is 0 Å². The molecule has 0 saturated carbocycles. The van der Waals surface area contributed by atoms with Crippen LogP contribution in [0.1, 0.15) is 44.1 Å². The fraction of sp³-hybridized carbons (Fsp3) is 0.538. The third kappa shape index (κ3) is 5.97. The Morgan fingerprint density at radius 2 is 2.00 bits per heavy atom. The van der Waals surface area contributed by atoms with Gasteiger partial charge in [0.25, 0.3) is 5.91 Å². The lowest BCUT2D eigenvalue weighted by atomic mass is 9.87. The molecule has 0 aromatic carbocycles. The first-order valence-electron chi connectivity index (χ1n) is 6.17. The zero-order valence-electron chi connectivity index (χ0n) is 11.7. The number of carbonyl (C=O) groups is 2. The van der Waals surface area contributed by atoms with Crippen molar-refractivity contribution in [2.24, 2.45) is 5.41 Å². The molecule has 7 heteroatoms. The van der Waals surface area contributed by atoms with Gasteiger partial charge in [-0.15, -0.1) is 0 Å². The van der Waals surface area contributed by atoms with Crippen molar-refractivity contribution in [2.75, 3.05) is 0 Å². The predicted octanol–water partition coefficient (Wildman–Crippen LogP) is 2.14. The second-order valence-corrected chi connectivity index (χ2v) is 6.14. The lowest BCUT2D eigenvalue weighted by Crippen LogP contribution is -2.39. The van der Waals surface area contributed by atoms with Crippen LogP contribution < -0.4 is 5.32 Å². The summed E-state index contributed by atoms with van der Waals surface area (Å²) in [6.07, 6.45) is 2.94. The van der Waals surface area contributed by atoms with Crippen LogP contribution in [0, 0.1) is 5.41 Å². The van der Waals surface area contributed by atoms with Crippen LogP contribution in [0.15, 0.2) is 12.4 Å². The minimum Gasteiger partial charge on any atom is -0.481 e. The van der Waals surface area contributed by atoms with E-state index in [4.69, 9.17) is 16.7 Å². The molecule has 1 aromatic heterocycles. The summed E-state index contributed by atoms with van der Waals surface area (Å²) in [5, 5.41) is 11.8. The van der Waals surface area contributed by atoms with Crippen molar-refractivity contribution >= 4 is 23.5 Å². The number of amides is 1. The van der Waals surface area contributed by atoms with Gasteiger partial charge in [-0.3, -0.25) is 9.59 Å². The van der Waals surface area contributed by atoms with Gasteiger partial charge >= 0.3 is 5.97 Å². The van der Waals surface area contributed by atoms with E-state index in [1.807, 2.05) is 20.8 Å². The van der Waals surface area contributed by atoms with Crippen molar-refractivity contribution in [2.45, 2.75) is 39.7 Å². The molecule has 0 saturated heterocycles. The smallest absolute Gasteiger partial charge is 0.305 e. The highest BCUT2D eigenvalue weighted by molar-refractivity contribution is 6.29. The van der Waals surface area contributed by atoms with E-state index in [0.29, 0.717) is 6.42 Å². The highest BCUT2D eigenvalue weighted by Gasteiger charge is 2.23. The molecule has 110 valence electrons. The summed E-state index contributed by atoms with van der Waals surface area (Å²) in [5.41, 5.74) is 0.0118. The van der Waals surface area contributed by atoms with Crippen LogP contribution in [0.4, 0.5) is 0 Å². The number of hydrogen-bond acceptors (Lipinski definition) is 4. The van der Waals surface area contributed by atoms with Crippen LogP contribution in [0.2, 0.25) is 5.15 Å². The van der Waals surface area contributed by atoms with Crippen LogP contribution in [0.5, 0.6) is 0 Å². The first-order valence-corrected chi connectivity index (χ1v) is 6.55. The molecule has 0 radical (unpaired) electrons. The fourth-order valence-corrected chi connectivity index (χ4v) is 1.91. The highest BCUT2D eigenvalue weighted by atomic mass is 35.5. The van der Waals surface area contributed by atoms with E-state index in [1.54, 1.807) is 0 Å². The number of halogens is 1. The van der Waals surface area contributed by atoms with Gasteiger partial charge < -0.3 is 10.4 Å². The minimum absolute atomic E-state index is 0.0981. The van der Waals surface area contributed by atoms with Crippen molar-refractivity contribution in [3.63, 3.8) is 0 Å². The molecule has 6 nitrogen and oxygen atoms in total. The van der Waals surface area contributed by atoms with Gasteiger partial charge in [-0.25, -0.2) is 9.97 Å². The van der Waals surface area contributed by atoms with Crippen LogP contribution >= 0.6 is 11.6 Å². The molecular weight excluding hydrogens is 282 g/mol. The van der Waals surface area contributed by atoms with Gasteiger partial charge in [0.05, 0.1) is 18.8 Å². The Morgan fingerprint density at radius 1 is 1.35 bits per heavy atom. The standard InChI is InChI=1S/C13H18ClN3O3/c1-13(2,3)5-8(4-11(18)19)17-12(20)9-6-16-10(14)7-15-9/h6-8H,4-5H2,1-3H3,(H,17,20)(H,18,19). The number of nitrogens with one attached hydrogen (secondary N) is 1. The molecule has 1 atom stereocenters. The summed E-state index contributed by atoms with van der Waals surface area (Å²) in [6.45, 7) is 5.95. The lowest BCUT2D eigenvalue weighted by molar-refractivity contribution is -0.137. The van der Waals surface area contributed by atoms with E-state index in [0.717, 1.165) is 0 Å². The molecule has 0 fully saturated rings. The molecule has 0 aliphatic carbocycles. The maximum atomic E-state index is 12.0. The maximum Gasteiger partial charge on any atom is 0.305 e. The lowest BCUT2D eigenvalue weighted by Gasteiger charge is -2.25. The summed E-state index contributed by atoms with van der Waals surface area (Å²) in [7, 11) is 0. The number of carbonyl (C=O) groups excluding carboxylic acids is 1. The second-order valence-electron chi connectivity index (χ2n) is 5.76. The normalized spacial score (nSPS) is 12.8. The first kappa shape index (κ1) is 16.4. The fourth-order valence-electron chi connectivity index (χ4n) is 1.81. The molecule has 0 aliphatic heterocycles. The van der Waals surface area contributed by atoms with Gasteiger partial charge in [0.15, 0.2) is 0 Å². The van der Waals surface area contributed by atoms with Crippen LogP contribution in [-0.2, 0) is 4.79 Å². The van der Waals surface area contributed by atoms with E-state index in [-0.39, 0.29) is 22.7 Å². The molecule has 20 heavy (non-hydrogen) atoms. The quantitative estimate of drug-likeness (QED) is 0.869. The molecular formula is C13H18ClN3O3. The first-order chi connectivity index (χ1) is 9.17. The monoisotopic (exact) mass is 299 g/mol. The number of hydrogen-bond donors (Lipinski definition) is 2. The van der Waals surface area contributed by atoms with Gasteiger partial charge in [-0.05, 0) is 11.8 Å². The van der Waals surface area contributed by atoms with E-state index in [9.17, 15) is 9.59 Å². The zero-order chi connectivity index (χ0) is 15.3. The van der Waals surface area contributed by atoms with Gasteiger partial charge in [0, 0.05) is 6.04 Å². The number of carboxylic acid groups (broad SMARTS) is 1. The molecule has 1 amide bonds. The third-order valence-corrected chi connectivity index (χ3v) is 2.66. The van der Waals surface area contributed by atoms with Gasteiger partial charge in [0.1, 0.15) is 10.8 Å². The Balaban J connectivity index is 2.75. The molecule has 1 heterocycles. The summed E-state index contributed by atoms with van der Waals surface area (Å²) >= 11 is 5.60. The van der Waals surface area contributed by atoms with E-state index in [2.05, 4.69) is 15.3 Å². The van der Waals surface area contributed by atoms with E-state index in [1.165, 1.54) is 12.4 Å². The number of nitrogens with zero attached hydrogens (tertiary/aromatic N) is 2. The molecule has 0 aliphatic rings. The average molecular weight is 300 g/mol. The Morgan fingerprint density at radius 3 is 2.45 bits per heavy atom. The highest BCUT2D eigenvalue weighted by Crippen LogP contribution is 2.22. The zero-order valence-corrected chi connectivity index (χ0v) is 12.4. The summed E-state index contributed by atoms with van der Waals surface area (Å²) in [5.74, 6) is -1.41. The van der Waals surface area contributed by atoms with Crippen molar-refractivity contribution in [1.29, 1.82) is 0 Å². The van der Waals surface area contributed by atoms with Crippen LogP contribution in [0.3, 0.4) is 0 Å². The van der Waals surface area contributed by atoms with E-state index < -0.39 is 17.9 Å². The summed E-state index contributed by atoms with van der Waals surface area (Å²) in [6, 6.07) is -0.461. The molecule has 0 spiro atoms. The Hall–Kier alpha value is -1.69. The predicted molar refractivity (Wildman–Crippen MR) is 74.6 cm³/mol. The molecule has 1 aromatic rings. The Bertz CT molecular complexity index is 483. The average Bonchev–Trinajstić information content (AvgIpc) is 2.26. The molecule has 1 unspecified atom stereocenters. The molecule has 1 rings (SSSR count). The largest absolute Gasteiger partial charge is 0.481 e. The third-order valence-electron chi connectivity index (χ3n) is 2.47. The van der Waals surface area contributed by atoms with E-state index >= 15 is 0 Å². The van der Waals surface area contributed by atoms with Crippen molar-refractivity contribution in [3.05, 3.63) is 23.2 Å². The Kier molecular flexibility index (Phi) is 5.44. The molecule has 0 bridgehead atoms. The van der Waals surface area contributed by atoms with Crippen molar-refractivity contribution in [1.82, 2.24) is 15.3 Å².